The molecule has 0 fully saturated rings. The lowest BCUT2D eigenvalue weighted by atomic mass is 10.3. The minimum absolute atomic E-state index is 0.00870. The zero-order chi connectivity index (χ0) is 10.5. The second-order valence-electron chi connectivity index (χ2n) is 3.24. The van der Waals surface area contributed by atoms with Crippen molar-refractivity contribution in [1.82, 2.24) is 4.72 Å². The van der Waals surface area contributed by atoms with Crippen molar-refractivity contribution < 1.29 is 8.42 Å². The van der Waals surface area contributed by atoms with E-state index in [0.717, 1.165) is 6.42 Å². The molecule has 13 heavy (non-hydrogen) atoms. The summed E-state index contributed by atoms with van der Waals surface area (Å²) >= 11 is 0. The van der Waals surface area contributed by atoms with Crippen LogP contribution in [-0.2, 0) is 10.0 Å². The monoisotopic (exact) mass is 208 g/mol. The SMILES string of the molecule is CCC(C)NS(=O)(=O)C(CC)CN. The Morgan fingerprint density at radius 2 is 1.85 bits per heavy atom. The molecular formula is C8H20N2O2S. The van der Waals surface area contributed by atoms with E-state index in [2.05, 4.69) is 4.72 Å². The maximum Gasteiger partial charge on any atom is 0.215 e. The van der Waals surface area contributed by atoms with Crippen LogP contribution in [-0.4, -0.2) is 26.3 Å². The van der Waals surface area contributed by atoms with Gasteiger partial charge in [-0.1, -0.05) is 13.8 Å². The maximum atomic E-state index is 11.6. The Morgan fingerprint density at radius 3 is 2.15 bits per heavy atom. The van der Waals surface area contributed by atoms with Crippen molar-refractivity contribution in [3.05, 3.63) is 0 Å². The maximum absolute atomic E-state index is 11.6. The number of sulfonamides is 1. The molecular weight excluding hydrogens is 188 g/mol. The van der Waals surface area contributed by atoms with Crippen molar-refractivity contribution in [3.8, 4) is 0 Å². The van der Waals surface area contributed by atoms with E-state index in [9.17, 15) is 8.42 Å². The molecule has 0 aromatic carbocycles. The van der Waals surface area contributed by atoms with Crippen LogP contribution in [0.1, 0.15) is 33.6 Å². The fraction of sp³-hybridized carbons (Fsp3) is 1.00. The van der Waals surface area contributed by atoms with E-state index in [1.807, 2.05) is 20.8 Å². The van der Waals surface area contributed by atoms with Gasteiger partial charge in [0.15, 0.2) is 0 Å². The van der Waals surface area contributed by atoms with Crippen LogP contribution in [0.3, 0.4) is 0 Å². The van der Waals surface area contributed by atoms with Gasteiger partial charge in [-0.3, -0.25) is 0 Å². The summed E-state index contributed by atoms with van der Waals surface area (Å²) in [6, 6.07) is -0.00870. The van der Waals surface area contributed by atoms with Gasteiger partial charge in [0, 0.05) is 12.6 Å². The largest absolute Gasteiger partial charge is 0.329 e. The molecule has 80 valence electrons. The molecule has 0 saturated heterocycles. The van der Waals surface area contributed by atoms with Crippen LogP contribution in [0.2, 0.25) is 0 Å². The smallest absolute Gasteiger partial charge is 0.215 e. The molecule has 0 heterocycles. The molecule has 0 bridgehead atoms. The number of rotatable bonds is 6. The molecule has 2 unspecified atom stereocenters. The van der Waals surface area contributed by atoms with Gasteiger partial charge in [0.2, 0.25) is 10.0 Å². The summed E-state index contributed by atoms with van der Waals surface area (Å²) in [7, 11) is -3.21. The minimum atomic E-state index is -3.21. The van der Waals surface area contributed by atoms with Gasteiger partial charge in [0.05, 0.1) is 5.25 Å². The molecule has 0 amide bonds. The minimum Gasteiger partial charge on any atom is -0.329 e. The van der Waals surface area contributed by atoms with E-state index in [-0.39, 0.29) is 12.6 Å². The summed E-state index contributed by atoms with van der Waals surface area (Å²) in [5.41, 5.74) is 5.37. The molecule has 0 spiro atoms. The summed E-state index contributed by atoms with van der Waals surface area (Å²) in [5.74, 6) is 0. The average molecular weight is 208 g/mol. The Bertz CT molecular complexity index is 222. The summed E-state index contributed by atoms with van der Waals surface area (Å²) < 4.78 is 25.7. The van der Waals surface area contributed by atoms with Crippen LogP contribution < -0.4 is 10.5 Å². The van der Waals surface area contributed by atoms with Crippen molar-refractivity contribution in [1.29, 1.82) is 0 Å². The molecule has 0 aliphatic carbocycles. The first-order valence-electron chi connectivity index (χ1n) is 4.69. The summed E-state index contributed by atoms with van der Waals surface area (Å²) in [5, 5.41) is -0.457. The fourth-order valence-electron chi connectivity index (χ4n) is 0.973. The molecule has 0 aromatic rings. The van der Waals surface area contributed by atoms with E-state index in [1.54, 1.807) is 0 Å². The zero-order valence-electron chi connectivity index (χ0n) is 8.58. The van der Waals surface area contributed by atoms with E-state index < -0.39 is 15.3 Å². The Labute approximate surface area is 80.9 Å². The topological polar surface area (TPSA) is 72.2 Å². The van der Waals surface area contributed by atoms with Crippen LogP contribution in [0.5, 0.6) is 0 Å². The molecule has 5 heteroatoms. The fourth-order valence-corrected chi connectivity index (χ4v) is 2.58. The molecule has 0 aliphatic rings. The normalized spacial score (nSPS) is 16.9. The number of hydrogen-bond acceptors (Lipinski definition) is 3. The van der Waals surface area contributed by atoms with Crippen molar-refractivity contribution in [2.24, 2.45) is 5.73 Å². The van der Waals surface area contributed by atoms with Crippen molar-refractivity contribution in [2.45, 2.75) is 44.9 Å². The summed E-state index contributed by atoms with van der Waals surface area (Å²) in [6.07, 6.45) is 1.35. The van der Waals surface area contributed by atoms with Gasteiger partial charge in [-0.25, -0.2) is 13.1 Å². The quantitative estimate of drug-likeness (QED) is 0.665. The van der Waals surface area contributed by atoms with Crippen molar-refractivity contribution in [2.75, 3.05) is 6.54 Å². The Kier molecular flexibility index (Phi) is 5.51. The highest BCUT2D eigenvalue weighted by molar-refractivity contribution is 7.90. The third-order valence-electron chi connectivity index (χ3n) is 2.13. The van der Waals surface area contributed by atoms with Crippen LogP contribution in [0.25, 0.3) is 0 Å². The van der Waals surface area contributed by atoms with Gasteiger partial charge in [-0.2, -0.15) is 0 Å². The number of nitrogens with one attached hydrogen (secondary N) is 1. The third-order valence-corrected chi connectivity index (χ3v) is 4.27. The van der Waals surface area contributed by atoms with Crippen LogP contribution in [0.15, 0.2) is 0 Å². The zero-order valence-corrected chi connectivity index (χ0v) is 9.39. The molecule has 4 nitrogen and oxygen atoms in total. The Morgan fingerprint density at radius 1 is 1.31 bits per heavy atom. The third kappa shape index (κ3) is 4.06. The van der Waals surface area contributed by atoms with Crippen LogP contribution in [0.4, 0.5) is 0 Å². The predicted molar refractivity (Wildman–Crippen MR) is 54.9 cm³/mol. The molecule has 3 N–H and O–H groups in total. The van der Waals surface area contributed by atoms with Gasteiger partial charge in [0.25, 0.3) is 0 Å². The number of nitrogens with two attached hydrogens (primary N) is 1. The molecule has 0 radical (unpaired) electrons. The Balaban J connectivity index is 4.38. The van der Waals surface area contributed by atoms with Crippen LogP contribution in [0, 0.1) is 0 Å². The van der Waals surface area contributed by atoms with Crippen molar-refractivity contribution in [3.63, 3.8) is 0 Å². The second-order valence-corrected chi connectivity index (χ2v) is 5.23. The molecule has 0 rings (SSSR count). The first kappa shape index (κ1) is 12.9. The Hall–Kier alpha value is -0.130. The highest BCUT2D eigenvalue weighted by Gasteiger charge is 2.23. The lowest BCUT2D eigenvalue weighted by Gasteiger charge is -2.17. The summed E-state index contributed by atoms with van der Waals surface area (Å²) in [6.45, 7) is 5.80. The van der Waals surface area contributed by atoms with Gasteiger partial charge < -0.3 is 5.73 Å². The first-order chi connectivity index (χ1) is 5.97. The van der Waals surface area contributed by atoms with Gasteiger partial charge in [0.1, 0.15) is 0 Å². The average Bonchev–Trinajstić information content (AvgIpc) is 2.05. The van der Waals surface area contributed by atoms with Gasteiger partial charge >= 0.3 is 0 Å². The van der Waals surface area contributed by atoms with Gasteiger partial charge in [-0.15, -0.1) is 0 Å². The highest BCUT2D eigenvalue weighted by atomic mass is 32.2. The lowest BCUT2D eigenvalue weighted by Crippen LogP contribution is -2.42. The summed E-state index contributed by atoms with van der Waals surface area (Å²) in [4.78, 5) is 0. The molecule has 0 aromatic heterocycles. The molecule has 2 atom stereocenters. The highest BCUT2D eigenvalue weighted by Crippen LogP contribution is 2.04. The number of hydrogen-bond donors (Lipinski definition) is 2. The lowest BCUT2D eigenvalue weighted by molar-refractivity contribution is 0.538. The van der Waals surface area contributed by atoms with E-state index >= 15 is 0 Å². The second kappa shape index (κ2) is 5.57. The van der Waals surface area contributed by atoms with E-state index in [4.69, 9.17) is 5.73 Å². The van der Waals surface area contributed by atoms with E-state index in [0.29, 0.717) is 6.42 Å². The first-order valence-corrected chi connectivity index (χ1v) is 6.23. The van der Waals surface area contributed by atoms with Crippen molar-refractivity contribution >= 4 is 10.0 Å². The van der Waals surface area contributed by atoms with Gasteiger partial charge in [-0.05, 0) is 19.8 Å². The van der Waals surface area contributed by atoms with E-state index in [1.165, 1.54) is 0 Å². The standard InChI is InChI=1S/C8H20N2O2S/c1-4-7(3)10-13(11,12)8(5-2)6-9/h7-8,10H,4-6,9H2,1-3H3. The molecule has 0 aliphatic heterocycles. The molecule has 0 saturated carbocycles. The van der Waals surface area contributed by atoms with Crippen LogP contribution >= 0.6 is 0 Å². The predicted octanol–water partition coefficient (Wildman–Crippen LogP) is 0.442.